The summed E-state index contributed by atoms with van der Waals surface area (Å²) in [4.78, 5) is 22.8. The number of carbonyl (C=O) groups is 2. The van der Waals surface area contributed by atoms with E-state index in [1.807, 2.05) is 30.3 Å². The van der Waals surface area contributed by atoms with E-state index >= 15 is 0 Å². The first-order chi connectivity index (χ1) is 8.01. The van der Waals surface area contributed by atoms with Gasteiger partial charge in [-0.05, 0) is 19.4 Å². The second-order valence-corrected chi connectivity index (χ2v) is 4.60. The van der Waals surface area contributed by atoms with Crippen molar-refractivity contribution in [2.75, 3.05) is 0 Å². The van der Waals surface area contributed by atoms with E-state index in [4.69, 9.17) is 9.47 Å². The van der Waals surface area contributed by atoms with Crippen molar-refractivity contribution in [3.05, 3.63) is 35.9 Å². The van der Waals surface area contributed by atoms with Crippen LogP contribution in [-0.2, 0) is 25.7 Å². The van der Waals surface area contributed by atoms with Gasteiger partial charge in [0.05, 0.1) is 0 Å². The van der Waals surface area contributed by atoms with E-state index in [1.54, 1.807) is 13.8 Å². The van der Waals surface area contributed by atoms with Gasteiger partial charge in [0.1, 0.15) is 12.0 Å². The highest BCUT2D eigenvalue weighted by Gasteiger charge is 2.55. The van der Waals surface area contributed by atoms with Crippen LogP contribution in [0.25, 0.3) is 0 Å². The lowest BCUT2D eigenvalue weighted by Crippen LogP contribution is -2.57. The van der Waals surface area contributed by atoms with Crippen LogP contribution in [0.4, 0.5) is 0 Å². The zero-order valence-electron chi connectivity index (χ0n) is 9.80. The van der Waals surface area contributed by atoms with Crippen LogP contribution >= 0.6 is 0 Å². The molecule has 1 aromatic rings. The molecule has 1 aliphatic rings. The minimum Gasteiger partial charge on any atom is -0.458 e. The number of ether oxygens (including phenoxy) is 2. The van der Waals surface area contributed by atoms with Crippen molar-refractivity contribution >= 4 is 11.9 Å². The Kier molecular flexibility index (Phi) is 2.88. The molecule has 1 atom stereocenters. The molecule has 1 fully saturated rings. The minimum absolute atomic E-state index is 0.198. The molecular weight excluding hydrogens is 220 g/mol. The standard InChI is InChI=1S/C13H14O4/c1-13(2)10(17-12(13)15)11(14)16-8-9-6-4-3-5-7-9/h3-7,10H,8H2,1-2H3. The monoisotopic (exact) mass is 234 g/mol. The van der Waals surface area contributed by atoms with Crippen molar-refractivity contribution in [2.45, 2.75) is 26.6 Å². The smallest absolute Gasteiger partial charge is 0.348 e. The maximum absolute atomic E-state index is 11.7. The zero-order valence-corrected chi connectivity index (χ0v) is 9.80. The fourth-order valence-electron chi connectivity index (χ4n) is 1.60. The van der Waals surface area contributed by atoms with Gasteiger partial charge in [0.25, 0.3) is 0 Å². The maximum Gasteiger partial charge on any atom is 0.348 e. The van der Waals surface area contributed by atoms with Crippen molar-refractivity contribution in [1.29, 1.82) is 0 Å². The van der Waals surface area contributed by atoms with Crippen LogP contribution in [0, 0.1) is 5.41 Å². The second-order valence-electron chi connectivity index (χ2n) is 4.60. The Morgan fingerprint density at radius 3 is 2.53 bits per heavy atom. The van der Waals surface area contributed by atoms with Gasteiger partial charge in [-0.1, -0.05) is 30.3 Å². The van der Waals surface area contributed by atoms with Crippen LogP contribution in [0.1, 0.15) is 19.4 Å². The molecule has 1 aromatic carbocycles. The lowest BCUT2D eigenvalue weighted by Gasteiger charge is -2.39. The van der Waals surface area contributed by atoms with Crippen LogP contribution in [-0.4, -0.2) is 18.0 Å². The molecule has 0 aliphatic carbocycles. The Morgan fingerprint density at radius 2 is 2.00 bits per heavy atom. The van der Waals surface area contributed by atoms with Gasteiger partial charge in [0.15, 0.2) is 0 Å². The summed E-state index contributed by atoms with van der Waals surface area (Å²) < 4.78 is 9.89. The number of hydrogen-bond donors (Lipinski definition) is 0. The predicted molar refractivity (Wildman–Crippen MR) is 59.9 cm³/mol. The van der Waals surface area contributed by atoms with Crippen molar-refractivity contribution in [3.63, 3.8) is 0 Å². The quantitative estimate of drug-likeness (QED) is 0.747. The van der Waals surface area contributed by atoms with Crippen molar-refractivity contribution in [2.24, 2.45) is 5.41 Å². The molecule has 4 heteroatoms. The average Bonchev–Trinajstić information content (AvgIpc) is 2.34. The summed E-state index contributed by atoms with van der Waals surface area (Å²) in [5, 5.41) is 0. The number of hydrogen-bond acceptors (Lipinski definition) is 4. The molecule has 17 heavy (non-hydrogen) atoms. The van der Waals surface area contributed by atoms with Gasteiger partial charge in [-0.15, -0.1) is 0 Å². The van der Waals surface area contributed by atoms with Gasteiger partial charge in [0.2, 0.25) is 6.10 Å². The van der Waals surface area contributed by atoms with Gasteiger partial charge >= 0.3 is 11.9 Å². The fraction of sp³-hybridized carbons (Fsp3) is 0.385. The lowest BCUT2D eigenvalue weighted by molar-refractivity contribution is -0.212. The Bertz CT molecular complexity index is 436. The number of esters is 2. The number of rotatable bonds is 3. The molecule has 4 nitrogen and oxygen atoms in total. The molecule has 0 N–H and O–H groups in total. The average molecular weight is 234 g/mol. The molecule has 0 aromatic heterocycles. The Morgan fingerprint density at radius 1 is 1.35 bits per heavy atom. The molecule has 1 heterocycles. The van der Waals surface area contributed by atoms with Crippen LogP contribution in [0.2, 0.25) is 0 Å². The fourth-order valence-corrected chi connectivity index (χ4v) is 1.60. The lowest BCUT2D eigenvalue weighted by atomic mass is 9.81. The normalized spacial score (nSPS) is 21.3. The van der Waals surface area contributed by atoms with Crippen LogP contribution in [0.15, 0.2) is 30.3 Å². The summed E-state index contributed by atoms with van der Waals surface area (Å²) in [7, 11) is 0. The van der Waals surface area contributed by atoms with Crippen LogP contribution < -0.4 is 0 Å². The van der Waals surface area contributed by atoms with E-state index in [0.717, 1.165) is 5.56 Å². The first-order valence-corrected chi connectivity index (χ1v) is 5.43. The Labute approximate surface area is 99.5 Å². The molecule has 1 unspecified atom stereocenters. The third-order valence-corrected chi connectivity index (χ3v) is 2.84. The second kappa shape index (κ2) is 4.20. The third kappa shape index (κ3) is 2.16. The third-order valence-electron chi connectivity index (χ3n) is 2.84. The van der Waals surface area contributed by atoms with Gasteiger partial charge < -0.3 is 9.47 Å². The molecule has 2 rings (SSSR count). The largest absolute Gasteiger partial charge is 0.458 e. The zero-order chi connectivity index (χ0) is 12.5. The first kappa shape index (κ1) is 11.6. The van der Waals surface area contributed by atoms with Crippen molar-refractivity contribution in [1.82, 2.24) is 0 Å². The molecular formula is C13H14O4. The molecule has 90 valence electrons. The summed E-state index contributed by atoms with van der Waals surface area (Å²) in [5.74, 6) is -0.849. The topological polar surface area (TPSA) is 52.6 Å². The number of carbonyl (C=O) groups excluding carboxylic acids is 2. The highest BCUT2D eigenvalue weighted by atomic mass is 16.6. The van der Waals surface area contributed by atoms with Crippen molar-refractivity contribution in [3.8, 4) is 0 Å². The molecule has 0 radical (unpaired) electrons. The molecule has 1 saturated heterocycles. The van der Waals surface area contributed by atoms with E-state index in [2.05, 4.69) is 0 Å². The van der Waals surface area contributed by atoms with Gasteiger partial charge in [-0.2, -0.15) is 0 Å². The predicted octanol–water partition coefficient (Wildman–Crippen LogP) is 1.68. The van der Waals surface area contributed by atoms with E-state index < -0.39 is 17.5 Å². The summed E-state index contributed by atoms with van der Waals surface area (Å²) in [5.41, 5.74) is 0.137. The summed E-state index contributed by atoms with van der Waals surface area (Å²) in [6.45, 7) is 3.55. The molecule has 0 spiro atoms. The summed E-state index contributed by atoms with van der Waals surface area (Å²) >= 11 is 0. The minimum atomic E-state index is -0.779. The van der Waals surface area contributed by atoms with Gasteiger partial charge in [-0.3, -0.25) is 4.79 Å². The van der Waals surface area contributed by atoms with Crippen LogP contribution in [0.5, 0.6) is 0 Å². The van der Waals surface area contributed by atoms with Gasteiger partial charge in [0, 0.05) is 0 Å². The Hall–Kier alpha value is -1.84. The SMILES string of the molecule is CC1(C)C(=O)OC1C(=O)OCc1ccccc1. The van der Waals surface area contributed by atoms with E-state index in [0.29, 0.717) is 0 Å². The molecule has 1 aliphatic heterocycles. The van der Waals surface area contributed by atoms with Gasteiger partial charge in [-0.25, -0.2) is 4.79 Å². The highest BCUT2D eigenvalue weighted by molar-refractivity contribution is 5.94. The highest BCUT2D eigenvalue weighted by Crippen LogP contribution is 2.36. The summed E-state index contributed by atoms with van der Waals surface area (Å²) in [6.07, 6.45) is -0.779. The Balaban J connectivity index is 1.89. The maximum atomic E-state index is 11.7. The number of cyclic esters (lactones) is 1. The number of benzene rings is 1. The van der Waals surface area contributed by atoms with Crippen molar-refractivity contribution < 1.29 is 19.1 Å². The van der Waals surface area contributed by atoms with E-state index in [1.165, 1.54) is 0 Å². The molecule has 0 bridgehead atoms. The molecule has 0 saturated carbocycles. The summed E-state index contributed by atoms with van der Waals surface area (Å²) in [6, 6.07) is 9.37. The van der Waals surface area contributed by atoms with E-state index in [9.17, 15) is 9.59 Å². The van der Waals surface area contributed by atoms with E-state index in [-0.39, 0.29) is 12.6 Å². The first-order valence-electron chi connectivity index (χ1n) is 5.43. The molecule has 0 amide bonds. The van der Waals surface area contributed by atoms with Crippen LogP contribution in [0.3, 0.4) is 0 Å².